The summed E-state index contributed by atoms with van der Waals surface area (Å²) < 4.78 is 0. The van der Waals surface area contributed by atoms with Crippen LogP contribution in [0.15, 0.2) is 0 Å². The molecule has 4 aliphatic carbocycles. The molecule has 4 bridgehead atoms. The molecule has 0 heterocycles. The summed E-state index contributed by atoms with van der Waals surface area (Å²) in [6.07, 6.45) is 0.680. The predicted molar refractivity (Wildman–Crippen MR) is 35.7 cm³/mol. The Morgan fingerprint density at radius 2 is 2.00 bits per heavy atom. The molecule has 4 fully saturated rings. The van der Waals surface area contributed by atoms with E-state index in [0.29, 0.717) is 17.8 Å². The van der Waals surface area contributed by atoms with Crippen LogP contribution in [0.1, 0.15) is 6.42 Å². The van der Waals surface area contributed by atoms with E-state index in [2.05, 4.69) is 0 Å². The van der Waals surface area contributed by atoms with Gasteiger partial charge in [-0.05, 0) is 30.1 Å². The molecule has 4 saturated carbocycles. The van der Waals surface area contributed by atoms with E-state index >= 15 is 0 Å². The maximum absolute atomic E-state index is 10.7. The molecule has 0 aromatic carbocycles. The summed E-state index contributed by atoms with van der Waals surface area (Å²) in [6, 6.07) is 0. The van der Waals surface area contributed by atoms with Crippen LogP contribution >= 0.6 is 0 Å². The van der Waals surface area contributed by atoms with Crippen molar-refractivity contribution in [2.75, 3.05) is 0 Å². The number of aliphatic hydroxyl groups excluding tert-OH is 1. The molecule has 3 heteroatoms. The fourth-order valence-corrected chi connectivity index (χ4v) is 3.46. The smallest absolute Gasteiger partial charge is 0.307 e. The SMILES string of the molecule is O=C(O)[C@@H]1[C@H]2C[C@H]3[C@@H]([C@H]2O)[C@H]31. The van der Waals surface area contributed by atoms with Crippen molar-refractivity contribution in [3.8, 4) is 0 Å². The van der Waals surface area contributed by atoms with E-state index in [9.17, 15) is 9.90 Å². The molecule has 6 atom stereocenters. The van der Waals surface area contributed by atoms with Gasteiger partial charge >= 0.3 is 5.97 Å². The molecule has 0 radical (unpaired) electrons. The summed E-state index contributed by atoms with van der Waals surface area (Å²) in [4.78, 5) is 10.7. The summed E-state index contributed by atoms with van der Waals surface area (Å²) in [5, 5.41) is 18.3. The molecular weight excluding hydrogens is 144 g/mol. The Morgan fingerprint density at radius 3 is 2.18 bits per heavy atom. The van der Waals surface area contributed by atoms with Crippen molar-refractivity contribution in [2.24, 2.45) is 29.6 Å². The molecule has 2 N–H and O–H groups in total. The number of hydrogen-bond donors (Lipinski definition) is 2. The molecule has 3 nitrogen and oxygen atoms in total. The maximum Gasteiger partial charge on any atom is 0.307 e. The highest BCUT2D eigenvalue weighted by atomic mass is 16.4. The molecule has 0 aromatic rings. The quantitative estimate of drug-likeness (QED) is 0.556. The number of hydrogen-bond acceptors (Lipinski definition) is 2. The number of rotatable bonds is 1. The van der Waals surface area contributed by atoms with Gasteiger partial charge in [0.15, 0.2) is 0 Å². The molecule has 0 saturated heterocycles. The standard InChI is InChI=1S/C8H10O3/c9-7-3-1-2-4(5(2)7)6(3)8(10)11/h2-7,9H,1H2,(H,10,11)/t2-,3-,4+,5-,6-,7+/m1/s1. The Bertz CT molecular complexity index is 237. The Morgan fingerprint density at radius 1 is 1.27 bits per heavy atom. The highest BCUT2D eigenvalue weighted by Crippen LogP contribution is 2.73. The van der Waals surface area contributed by atoms with E-state index in [1.165, 1.54) is 0 Å². The summed E-state index contributed by atoms with van der Waals surface area (Å²) in [7, 11) is 0. The van der Waals surface area contributed by atoms with Crippen molar-refractivity contribution < 1.29 is 15.0 Å². The Balaban J connectivity index is 1.97. The second-order valence-corrected chi connectivity index (χ2v) is 4.07. The third-order valence-corrected chi connectivity index (χ3v) is 3.83. The van der Waals surface area contributed by atoms with Gasteiger partial charge in [0.05, 0.1) is 12.0 Å². The van der Waals surface area contributed by atoms with E-state index in [0.717, 1.165) is 6.42 Å². The van der Waals surface area contributed by atoms with Crippen molar-refractivity contribution in [3.05, 3.63) is 0 Å². The van der Waals surface area contributed by atoms with Crippen LogP contribution in [0.4, 0.5) is 0 Å². The molecule has 0 spiro atoms. The second kappa shape index (κ2) is 1.46. The topological polar surface area (TPSA) is 57.5 Å². The Kier molecular flexibility index (Phi) is 0.796. The van der Waals surface area contributed by atoms with Gasteiger partial charge in [0.2, 0.25) is 0 Å². The van der Waals surface area contributed by atoms with Gasteiger partial charge in [-0.3, -0.25) is 4.79 Å². The first-order chi connectivity index (χ1) is 5.22. The van der Waals surface area contributed by atoms with Crippen molar-refractivity contribution in [2.45, 2.75) is 12.5 Å². The fraction of sp³-hybridized carbons (Fsp3) is 0.875. The van der Waals surface area contributed by atoms with Crippen LogP contribution in [0.25, 0.3) is 0 Å². The van der Waals surface area contributed by atoms with Crippen LogP contribution in [0.5, 0.6) is 0 Å². The van der Waals surface area contributed by atoms with E-state index in [1.54, 1.807) is 0 Å². The number of carboxylic acid groups (broad SMARTS) is 1. The first-order valence-corrected chi connectivity index (χ1v) is 4.12. The van der Waals surface area contributed by atoms with E-state index < -0.39 is 5.97 Å². The van der Waals surface area contributed by atoms with Crippen LogP contribution < -0.4 is 0 Å². The summed E-state index contributed by atoms with van der Waals surface area (Å²) in [5.41, 5.74) is 0. The van der Waals surface area contributed by atoms with E-state index in [4.69, 9.17) is 5.11 Å². The molecule has 60 valence electrons. The first kappa shape index (κ1) is 6.00. The third kappa shape index (κ3) is 0.466. The average molecular weight is 154 g/mol. The number of aliphatic carboxylic acids is 1. The molecule has 4 rings (SSSR count). The third-order valence-electron chi connectivity index (χ3n) is 3.83. The number of carbonyl (C=O) groups is 1. The van der Waals surface area contributed by atoms with Gasteiger partial charge in [-0.1, -0.05) is 0 Å². The van der Waals surface area contributed by atoms with Crippen LogP contribution in [-0.2, 0) is 4.79 Å². The van der Waals surface area contributed by atoms with Gasteiger partial charge in [-0.2, -0.15) is 0 Å². The van der Waals surface area contributed by atoms with E-state index in [1.807, 2.05) is 0 Å². The van der Waals surface area contributed by atoms with Gasteiger partial charge in [0, 0.05) is 0 Å². The second-order valence-electron chi connectivity index (χ2n) is 4.07. The zero-order valence-electron chi connectivity index (χ0n) is 5.97. The van der Waals surface area contributed by atoms with Crippen LogP contribution in [0.3, 0.4) is 0 Å². The molecule has 0 unspecified atom stereocenters. The highest BCUT2D eigenvalue weighted by Gasteiger charge is 2.75. The van der Waals surface area contributed by atoms with Crippen molar-refractivity contribution in [1.29, 1.82) is 0 Å². The predicted octanol–water partition coefficient (Wildman–Crippen LogP) is -0.0562. The lowest BCUT2D eigenvalue weighted by molar-refractivity contribution is -0.143. The van der Waals surface area contributed by atoms with Crippen LogP contribution in [0.2, 0.25) is 0 Å². The van der Waals surface area contributed by atoms with Gasteiger partial charge in [0.1, 0.15) is 0 Å². The van der Waals surface area contributed by atoms with Crippen LogP contribution in [-0.4, -0.2) is 22.3 Å². The lowest BCUT2D eigenvalue weighted by atomic mass is 9.97. The minimum atomic E-state index is -0.693. The summed E-state index contributed by atoms with van der Waals surface area (Å²) >= 11 is 0. The van der Waals surface area contributed by atoms with Gasteiger partial charge in [-0.25, -0.2) is 0 Å². The van der Waals surface area contributed by atoms with Crippen molar-refractivity contribution in [1.82, 2.24) is 0 Å². The zero-order chi connectivity index (χ0) is 7.75. The van der Waals surface area contributed by atoms with Crippen LogP contribution in [0, 0.1) is 29.6 Å². The zero-order valence-corrected chi connectivity index (χ0v) is 5.97. The minimum absolute atomic E-state index is 0.0903. The summed E-state index contributed by atoms with van der Waals surface area (Å²) in [5.74, 6) is 0.457. The molecule has 11 heavy (non-hydrogen) atoms. The fourth-order valence-electron chi connectivity index (χ4n) is 3.46. The molecule has 0 aromatic heterocycles. The Hall–Kier alpha value is -0.570. The number of carboxylic acids is 1. The van der Waals surface area contributed by atoms with Gasteiger partial charge in [-0.15, -0.1) is 0 Å². The van der Waals surface area contributed by atoms with Crippen molar-refractivity contribution >= 4 is 5.97 Å². The molecular formula is C8H10O3. The maximum atomic E-state index is 10.7. The monoisotopic (exact) mass is 154 g/mol. The normalized spacial score (nSPS) is 63.4. The van der Waals surface area contributed by atoms with Crippen molar-refractivity contribution in [3.63, 3.8) is 0 Å². The molecule has 0 aliphatic heterocycles. The molecule has 4 aliphatic rings. The highest BCUT2D eigenvalue weighted by molar-refractivity contribution is 5.73. The minimum Gasteiger partial charge on any atom is -0.481 e. The summed E-state index contributed by atoms with van der Waals surface area (Å²) in [6.45, 7) is 0. The van der Waals surface area contributed by atoms with E-state index in [-0.39, 0.29) is 17.9 Å². The van der Waals surface area contributed by atoms with Gasteiger partial charge in [0.25, 0.3) is 0 Å². The average Bonchev–Trinajstić information content (AvgIpc) is 2.33. The lowest BCUT2D eigenvalue weighted by Gasteiger charge is -2.11. The van der Waals surface area contributed by atoms with Gasteiger partial charge < -0.3 is 10.2 Å². The lowest BCUT2D eigenvalue weighted by Crippen LogP contribution is -2.22. The first-order valence-electron chi connectivity index (χ1n) is 4.12. The largest absolute Gasteiger partial charge is 0.481 e. The Labute approximate surface area is 64.0 Å². The number of aliphatic hydroxyl groups is 1. The molecule has 0 amide bonds.